The van der Waals surface area contributed by atoms with Crippen molar-refractivity contribution in [3.63, 3.8) is 0 Å². The molecule has 0 aliphatic rings. The van der Waals surface area contributed by atoms with Gasteiger partial charge in [-0.05, 0) is 36.2 Å². The van der Waals surface area contributed by atoms with Gasteiger partial charge in [-0.15, -0.1) is 6.58 Å². The van der Waals surface area contributed by atoms with Gasteiger partial charge in [0.2, 0.25) is 0 Å². The van der Waals surface area contributed by atoms with E-state index in [0.29, 0.717) is 22.6 Å². The minimum atomic E-state index is -0.375. The first-order chi connectivity index (χ1) is 10.6. The molecule has 2 aromatic rings. The van der Waals surface area contributed by atoms with Crippen molar-refractivity contribution in [2.45, 2.75) is 6.42 Å². The van der Waals surface area contributed by atoms with E-state index < -0.39 is 0 Å². The number of allylic oxidation sites excluding steroid dienone is 1. The number of amides is 1. The third kappa shape index (κ3) is 3.96. The summed E-state index contributed by atoms with van der Waals surface area (Å²) < 4.78 is 0. The summed E-state index contributed by atoms with van der Waals surface area (Å²) in [6, 6.07) is 11.9. The number of hydrogen-bond acceptors (Lipinski definition) is 3. The van der Waals surface area contributed by atoms with Crippen LogP contribution in [0.25, 0.3) is 0 Å². The number of carbonyl (C=O) groups excluding carboxylic acids is 1. The van der Waals surface area contributed by atoms with Gasteiger partial charge in [0.15, 0.2) is 0 Å². The van der Waals surface area contributed by atoms with Crippen molar-refractivity contribution < 1.29 is 9.90 Å². The average Bonchev–Trinajstić information content (AvgIpc) is 2.51. The van der Waals surface area contributed by atoms with Crippen LogP contribution < -0.4 is 5.43 Å². The molecule has 0 radical (unpaired) electrons. The molecule has 0 aliphatic carbocycles. The van der Waals surface area contributed by atoms with Crippen LogP contribution in [0.3, 0.4) is 0 Å². The van der Waals surface area contributed by atoms with Crippen LogP contribution in [0.2, 0.25) is 5.02 Å². The molecule has 1 amide bonds. The number of para-hydroxylation sites is 1. The van der Waals surface area contributed by atoms with E-state index in [9.17, 15) is 9.90 Å². The number of nitrogens with zero attached hydrogens (tertiary/aromatic N) is 1. The summed E-state index contributed by atoms with van der Waals surface area (Å²) in [5.41, 5.74) is 4.07. The molecule has 5 heteroatoms. The van der Waals surface area contributed by atoms with E-state index in [1.165, 1.54) is 6.21 Å². The highest BCUT2D eigenvalue weighted by Crippen LogP contribution is 2.21. The first-order valence-corrected chi connectivity index (χ1v) is 7.00. The number of nitrogens with one attached hydrogen (secondary N) is 1. The van der Waals surface area contributed by atoms with E-state index in [-0.39, 0.29) is 11.7 Å². The minimum absolute atomic E-state index is 0.128. The van der Waals surface area contributed by atoms with Crippen molar-refractivity contribution in [1.82, 2.24) is 5.43 Å². The van der Waals surface area contributed by atoms with E-state index in [4.69, 9.17) is 11.6 Å². The standard InChI is InChI=1S/C17H15ClN2O2/c1-2-5-12-6-3-8-14(16(12)21)11-19-20-17(22)13-7-4-9-15(18)10-13/h2-4,6-11,21H,1,5H2,(H,20,22). The third-order valence-corrected chi connectivity index (χ3v) is 3.21. The summed E-state index contributed by atoms with van der Waals surface area (Å²) in [7, 11) is 0. The Morgan fingerprint density at radius 2 is 2.09 bits per heavy atom. The molecule has 0 spiro atoms. The van der Waals surface area contributed by atoms with Crippen molar-refractivity contribution in [1.29, 1.82) is 0 Å². The topological polar surface area (TPSA) is 61.7 Å². The fourth-order valence-corrected chi connectivity index (χ4v) is 2.08. The Balaban J connectivity index is 2.08. The number of benzene rings is 2. The van der Waals surface area contributed by atoms with Gasteiger partial charge in [-0.25, -0.2) is 5.43 Å². The zero-order valence-electron chi connectivity index (χ0n) is 11.8. The fourth-order valence-electron chi connectivity index (χ4n) is 1.89. The normalized spacial score (nSPS) is 10.6. The van der Waals surface area contributed by atoms with Crippen molar-refractivity contribution >= 4 is 23.7 Å². The second-order valence-electron chi connectivity index (χ2n) is 4.56. The van der Waals surface area contributed by atoms with Gasteiger partial charge in [-0.2, -0.15) is 5.10 Å². The number of hydrazone groups is 1. The zero-order chi connectivity index (χ0) is 15.9. The van der Waals surface area contributed by atoms with Gasteiger partial charge in [-0.1, -0.05) is 35.9 Å². The van der Waals surface area contributed by atoms with Crippen LogP contribution >= 0.6 is 11.6 Å². The highest BCUT2D eigenvalue weighted by Gasteiger charge is 2.06. The Kier molecular flexibility index (Phi) is 5.33. The van der Waals surface area contributed by atoms with E-state index in [2.05, 4.69) is 17.1 Å². The highest BCUT2D eigenvalue weighted by atomic mass is 35.5. The van der Waals surface area contributed by atoms with E-state index in [1.807, 2.05) is 0 Å². The summed E-state index contributed by atoms with van der Waals surface area (Å²) in [6.45, 7) is 3.64. The Morgan fingerprint density at radius 1 is 1.32 bits per heavy atom. The van der Waals surface area contributed by atoms with Crippen molar-refractivity contribution in [3.8, 4) is 5.75 Å². The smallest absolute Gasteiger partial charge is 0.271 e. The third-order valence-electron chi connectivity index (χ3n) is 2.97. The quantitative estimate of drug-likeness (QED) is 0.504. The molecular weight excluding hydrogens is 300 g/mol. The molecule has 2 aromatic carbocycles. The van der Waals surface area contributed by atoms with Crippen molar-refractivity contribution in [2.24, 2.45) is 5.10 Å². The molecule has 0 aromatic heterocycles. The fraction of sp³-hybridized carbons (Fsp3) is 0.0588. The molecule has 0 saturated carbocycles. The number of rotatable bonds is 5. The highest BCUT2D eigenvalue weighted by molar-refractivity contribution is 6.30. The minimum Gasteiger partial charge on any atom is -0.507 e. The molecule has 0 heterocycles. The van der Waals surface area contributed by atoms with Crippen LogP contribution in [-0.4, -0.2) is 17.2 Å². The number of halogens is 1. The van der Waals surface area contributed by atoms with Crippen LogP contribution in [0, 0.1) is 0 Å². The lowest BCUT2D eigenvalue weighted by atomic mass is 10.1. The molecule has 0 saturated heterocycles. The van der Waals surface area contributed by atoms with Crippen LogP contribution in [0.4, 0.5) is 0 Å². The molecule has 0 fully saturated rings. The molecule has 4 nitrogen and oxygen atoms in total. The van der Waals surface area contributed by atoms with Gasteiger partial charge < -0.3 is 5.11 Å². The van der Waals surface area contributed by atoms with Gasteiger partial charge >= 0.3 is 0 Å². The van der Waals surface area contributed by atoms with Crippen molar-refractivity contribution in [3.05, 3.63) is 76.8 Å². The molecule has 22 heavy (non-hydrogen) atoms. The van der Waals surface area contributed by atoms with Gasteiger partial charge in [0.25, 0.3) is 5.91 Å². The van der Waals surface area contributed by atoms with E-state index in [1.54, 1.807) is 48.5 Å². The molecule has 0 atom stereocenters. The number of phenols is 1. The number of hydrogen-bond donors (Lipinski definition) is 2. The number of phenolic OH excluding ortho intramolecular Hbond substituents is 1. The van der Waals surface area contributed by atoms with Crippen LogP contribution in [-0.2, 0) is 6.42 Å². The lowest BCUT2D eigenvalue weighted by molar-refractivity contribution is 0.0955. The lowest BCUT2D eigenvalue weighted by Crippen LogP contribution is -2.17. The van der Waals surface area contributed by atoms with Gasteiger partial charge in [-0.3, -0.25) is 4.79 Å². The molecule has 0 aliphatic heterocycles. The van der Waals surface area contributed by atoms with Crippen molar-refractivity contribution in [2.75, 3.05) is 0 Å². The van der Waals surface area contributed by atoms with Crippen LogP contribution in [0.5, 0.6) is 5.75 Å². The Morgan fingerprint density at radius 3 is 2.82 bits per heavy atom. The second kappa shape index (κ2) is 7.43. The average molecular weight is 315 g/mol. The Hall–Kier alpha value is -2.59. The van der Waals surface area contributed by atoms with E-state index in [0.717, 1.165) is 5.56 Å². The molecule has 2 rings (SSSR count). The SMILES string of the molecule is C=CCc1cccc(C=NNC(=O)c2cccc(Cl)c2)c1O. The predicted molar refractivity (Wildman–Crippen MR) is 88.5 cm³/mol. The maximum Gasteiger partial charge on any atom is 0.271 e. The largest absolute Gasteiger partial charge is 0.507 e. The lowest BCUT2D eigenvalue weighted by Gasteiger charge is -2.04. The van der Waals surface area contributed by atoms with Gasteiger partial charge in [0.1, 0.15) is 5.75 Å². The van der Waals surface area contributed by atoms with Crippen LogP contribution in [0.1, 0.15) is 21.5 Å². The van der Waals surface area contributed by atoms with Gasteiger partial charge in [0.05, 0.1) is 6.21 Å². The zero-order valence-corrected chi connectivity index (χ0v) is 12.5. The number of carbonyl (C=O) groups is 1. The molecular formula is C17H15ClN2O2. The summed E-state index contributed by atoms with van der Waals surface area (Å²) in [5, 5.41) is 14.4. The maximum absolute atomic E-state index is 11.9. The first kappa shape index (κ1) is 15.8. The summed E-state index contributed by atoms with van der Waals surface area (Å²) in [6.07, 6.45) is 3.66. The summed E-state index contributed by atoms with van der Waals surface area (Å²) in [5.74, 6) is -0.247. The Labute approximate surface area is 133 Å². The molecule has 2 N–H and O–H groups in total. The monoisotopic (exact) mass is 314 g/mol. The Bertz CT molecular complexity index is 726. The maximum atomic E-state index is 11.9. The second-order valence-corrected chi connectivity index (χ2v) is 4.99. The van der Waals surface area contributed by atoms with Gasteiger partial charge in [0, 0.05) is 16.1 Å². The first-order valence-electron chi connectivity index (χ1n) is 6.62. The van der Waals surface area contributed by atoms with Crippen LogP contribution in [0.15, 0.2) is 60.2 Å². The number of aromatic hydroxyl groups is 1. The molecule has 0 unspecified atom stereocenters. The predicted octanol–water partition coefficient (Wildman–Crippen LogP) is 3.54. The summed E-state index contributed by atoms with van der Waals surface area (Å²) >= 11 is 5.83. The summed E-state index contributed by atoms with van der Waals surface area (Å²) in [4.78, 5) is 11.9. The molecule has 112 valence electrons. The molecule has 0 bridgehead atoms. The van der Waals surface area contributed by atoms with E-state index >= 15 is 0 Å².